The summed E-state index contributed by atoms with van der Waals surface area (Å²) in [5.41, 5.74) is 0. The minimum atomic E-state index is -3.49. The first-order valence-corrected chi connectivity index (χ1v) is 7.91. The van der Waals surface area contributed by atoms with Crippen LogP contribution in [0.5, 0.6) is 0 Å². The number of carboxylic acids is 1. The zero-order valence-electron chi connectivity index (χ0n) is 10.7. The Bertz CT molecular complexity index is 369. The van der Waals surface area contributed by atoms with E-state index < -0.39 is 22.1 Å². The third kappa shape index (κ3) is 4.91. The summed E-state index contributed by atoms with van der Waals surface area (Å²) < 4.78 is 27.9. The SMILES string of the molecule is CCCNS(=O)(=O)NCC1CCCCC1C(=O)O. The molecule has 0 aromatic heterocycles. The lowest BCUT2D eigenvalue weighted by Gasteiger charge is -2.28. The van der Waals surface area contributed by atoms with Gasteiger partial charge in [0.05, 0.1) is 5.92 Å². The van der Waals surface area contributed by atoms with Gasteiger partial charge in [-0.25, -0.2) is 9.44 Å². The summed E-state index contributed by atoms with van der Waals surface area (Å²) in [5, 5.41) is 9.09. The lowest BCUT2D eigenvalue weighted by molar-refractivity contribution is -0.144. The van der Waals surface area contributed by atoms with Gasteiger partial charge in [-0.3, -0.25) is 4.79 Å². The third-order valence-corrected chi connectivity index (χ3v) is 4.43. The van der Waals surface area contributed by atoms with Crippen LogP contribution in [0, 0.1) is 11.8 Å². The molecule has 0 saturated heterocycles. The molecule has 0 aliphatic heterocycles. The Balaban J connectivity index is 2.47. The summed E-state index contributed by atoms with van der Waals surface area (Å²) in [7, 11) is -3.49. The number of hydrogen-bond acceptors (Lipinski definition) is 3. The normalized spacial score (nSPS) is 24.9. The van der Waals surface area contributed by atoms with Gasteiger partial charge in [0.15, 0.2) is 0 Å². The van der Waals surface area contributed by atoms with Crippen molar-refractivity contribution in [1.82, 2.24) is 9.44 Å². The smallest absolute Gasteiger partial charge is 0.306 e. The van der Waals surface area contributed by atoms with Crippen LogP contribution in [0.25, 0.3) is 0 Å². The fraction of sp³-hybridized carbons (Fsp3) is 0.909. The van der Waals surface area contributed by atoms with Crippen LogP contribution in [0.2, 0.25) is 0 Å². The Morgan fingerprint density at radius 1 is 1.28 bits per heavy atom. The molecule has 1 aliphatic carbocycles. The highest BCUT2D eigenvalue weighted by molar-refractivity contribution is 7.87. The fourth-order valence-electron chi connectivity index (χ4n) is 2.28. The fourth-order valence-corrected chi connectivity index (χ4v) is 3.29. The molecule has 0 heterocycles. The van der Waals surface area contributed by atoms with E-state index in [0.29, 0.717) is 13.0 Å². The van der Waals surface area contributed by atoms with Crippen molar-refractivity contribution in [2.24, 2.45) is 11.8 Å². The third-order valence-electron chi connectivity index (χ3n) is 3.30. The van der Waals surface area contributed by atoms with Gasteiger partial charge in [0.25, 0.3) is 10.2 Å². The highest BCUT2D eigenvalue weighted by Crippen LogP contribution is 2.29. The van der Waals surface area contributed by atoms with Crippen molar-refractivity contribution in [3.05, 3.63) is 0 Å². The van der Waals surface area contributed by atoms with Crippen molar-refractivity contribution < 1.29 is 18.3 Å². The van der Waals surface area contributed by atoms with Crippen LogP contribution in [0.4, 0.5) is 0 Å². The van der Waals surface area contributed by atoms with Gasteiger partial charge >= 0.3 is 5.97 Å². The zero-order valence-corrected chi connectivity index (χ0v) is 11.5. The Hall–Kier alpha value is -0.660. The first-order chi connectivity index (χ1) is 8.46. The molecule has 1 rings (SSSR count). The highest BCUT2D eigenvalue weighted by Gasteiger charge is 2.31. The molecule has 2 unspecified atom stereocenters. The van der Waals surface area contributed by atoms with Gasteiger partial charge < -0.3 is 5.11 Å². The summed E-state index contributed by atoms with van der Waals surface area (Å²) >= 11 is 0. The highest BCUT2D eigenvalue weighted by atomic mass is 32.2. The van der Waals surface area contributed by atoms with E-state index in [4.69, 9.17) is 5.11 Å². The minimum absolute atomic E-state index is 0.102. The van der Waals surface area contributed by atoms with Crippen molar-refractivity contribution >= 4 is 16.2 Å². The van der Waals surface area contributed by atoms with Crippen LogP contribution in [0.15, 0.2) is 0 Å². The largest absolute Gasteiger partial charge is 0.481 e. The number of carboxylic acid groups (broad SMARTS) is 1. The second-order valence-electron chi connectivity index (χ2n) is 4.74. The van der Waals surface area contributed by atoms with Gasteiger partial charge in [-0.05, 0) is 25.2 Å². The molecule has 0 aromatic rings. The van der Waals surface area contributed by atoms with Crippen molar-refractivity contribution in [3.63, 3.8) is 0 Å². The Labute approximate surface area is 108 Å². The molecule has 1 fully saturated rings. The maximum absolute atomic E-state index is 11.5. The van der Waals surface area contributed by atoms with Crippen molar-refractivity contribution in [2.75, 3.05) is 13.1 Å². The average Bonchev–Trinajstić information content (AvgIpc) is 2.34. The van der Waals surface area contributed by atoms with Crippen molar-refractivity contribution in [1.29, 1.82) is 0 Å². The lowest BCUT2D eigenvalue weighted by Crippen LogP contribution is -2.42. The monoisotopic (exact) mass is 278 g/mol. The van der Waals surface area contributed by atoms with E-state index in [1.54, 1.807) is 0 Å². The average molecular weight is 278 g/mol. The number of carbonyl (C=O) groups is 1. The molecule has 3 N–H and O–H groups in total. The maximum atomic E-state index is 11.5. The second kappa shape index (κ2) is 7.06. The predicted molar refractivity (Wildman–Crippen MR) is 68.3 cm³/mol. The second-order valence-corrected chi connectivity index (χ2v) is 6.32. The molecule has 7 heteroatoms. The molecule has 18 heavy (non-hydrogen) atoms. The molecule has 6 nitrogen and oxygen atoms in total. The van der Waals surface area contributed by atoms with Gasteiger partial charge in [0.1, 0.15) is 0 Å². The molecule has 1 aliphatic rings. The van der Waals surface area contributed by atoms with Gasteiger partial charge in [-0.15, -0.1) is 0 Å². The Morgan fingerprint density at radius 3 is 2.56 bits per heavy atom. The van der Waals surface area contributed by atoms with E-state index >= 15 is 0 Å². The number of aliphatic carboxylic acids is 1. The molecular weight excluding hydrogens is 256 g/mol. The van der Waals surface area contributed by atoms with E-state index in [2.05, 4.69) is 9.44 Å². The number of rotatable bonds is 7. The summed E-state index contributed by atoms with van der Waals surface area (Å²) in [5.74, 6) is -1.34. The Kier molecular flexibility index (Phi) is 6.04. The van der Waals surface area contributed by atoms with Gasteiger partial charge in [-0.2, -0.15) is 8.42 Å². The number of nitrogens with one attached hydrogen (secondary N) is 2. The first kappa shape index (κ1) is 15.4. The lowest BCUT2D eigenvalue weighted by atomic mass is 9.79. The van der Waals surface area contributed by atoms with E-state index in [1.165, 1.54) is 0 Å². The van der Waals surface area contributed by atoms with Gasteiger partial charge in [0, 0.05) is 13.1 Å². The van der Waals surface area contributed by atoms with E-state index in [0.717, 1.165) is 25.7 Å². The van der Waals surface area contributed by atoms with Crippen LogP contribution in [-0.4, -0.2) is 32.6 Å². The minimum Gasteiger partial charge on any atom is -0.481 e. The van der Waals surface area contributed by atoms with Crippen LogP contribution in [0.3, 0.4) is 0 Å². The quantitative estimate of drug-likeness (QED) is 0.639. The molecule has 2 atom stereocenters. The van der Waals surface area contributed by atoms with Gasteiger partial charge in [-0.1, -0.05) is 19.8 Å². The molecule has 0 bridgehead atoms. The Morgan fingerprint density at radius 2 is 1.94 bits per heavy atom. The number of hydrogen-bond donors (Lipinski definition) is 3. The molecule has 0 aromatic carbocycles. The molecule has 0 amide bonds. The molecule has 0 spiro atoms. The first-order valence-electron chi connectivity index (χ1n) is 6.43. The molecule has 1 saturated carbocycles. The van der Waals surface area contributed by atoms with Crippen LogP contribution in [-0.2, 0) is 15.0 Å². The predicted octanol–water partition coefficient (Wildman–Crippen LogP) is 0.711. The summed E-state index contributed by atoms with van der Waals surface area (Å²) in [4.78, 5) is 11.1. The van der Waals surface area contributed by atoms with Crippen LogP contribution < -0.4 is 9.44 Å². The maximum Gasteiger partial charge on any atom is 0.306 e. The summed E-state index contributed by atoms with van der Waals surface area (Å²) in [6, 6.07) is 0. The van der Waals surface area contributed by atoms with E-state index in [-0.39, 0.29) is 12.5 Å². The van der Waals surface area contributed by atoms with Crippen LogP contribution >= 0.6 is 0 Å². The topological polar surface area (TPSA) is 95.5 Å². The van der Waals surface area contributed by atoms with Gasteiger partial charge in [0.2, 0.25) is 0 Å². The molecule has 106 valence electrons. The molecular formula is C11H22N2O4S. The zero-order chi connectivity index (χ0) is 13.6. The summed E-state index contributed by atoms with van der Waals surface area (Å²) in [6.45, 7) is 2.47. The van der Waals surface area contributed by atoms with Crippen molar-refractivity contribution in [3.8, 4) is 0 Å². The van der Waals surface area contributed by atoms with Crippen LogP contribution in [0.1, 0.15) is 39.0 Å². The standard InChI is InChI=1S/C11H22N2O4S/c1-2-7-12-18(16,17)13-8-9-5-3-4-6-10(9)11(14)15/h9-10,12-13H,2-8H2,1H3,(H,14,15). The summed E-state index contributed by atoms with van der Waals surface area (Å²) in [6.07, 6.45) is 4.02. The van der Waals surface area contributed by atoms with Crippen molar-refractivity contribution in [2.45, 2.75) is 39.0 Å². The van der Waals surface area contributed by atoms with E-state index in [9.17, 15) is 13.2 Å². The van der Waals surface area contributed by atoms with E-state index in [1.807, 2.05) is 6.92 Å². The molecule has 0 radical (unpaired) electrons.